The minimum absolute atomic E-state index is 0.0768. The zero-order chi connectivity index (χ0) is 23.7. The summed E-state index contributed by atoms with van der Waals surface area (Å²) in [5.41, 5.74) is 2.42. The predicted molar refractivity (Wildman–Crippen MR) is 130 cm³/mol. The molecule has 1 aliphatic carbocycles. The fraction of sp³-hybridized carbons (Fsp3) is 0.167. The third kappa shape index (κ3) is 4.82. The van der Waals surface area contributed by atoms with Crippen LogP contribution in [0, 0.1) is 0 Å². The lowest BCUT2D eigenvalue weighted by Crippen LogP contribution is -2.29. The third-order valence-corrected chi connectivity index (χ3v) is 7.55. The average Bonchev–Trinajstić information content (AvgIpc) is 3.23. The molecule has 3 aromatic rings. The van der Waals surface area contributed by atoms with E-state index in [1.165, 1.54) is 0 Å². The summed E-state index contributed by atoms with van der Waals surface area (Å²) in [4.78, 5) is 26.5. The van der Waals surface area contributed by atoms with Gasteiger partial charge in [0.05, 0.1) is 15.1 Å². The van der Waals surface area contributed by atoms with Crippen LogP contribution in [0.3, 0.4) is 0 Å². The van der Waals surface area contributed by atoms with Crippen LogP contribution in [-0.2, 0) is 20.7 Å². The molecule has 4 rings (SSSR count). The second kappa shape index (κ2) is 10.1. The van der Waals surface area contributed by atoms with Gasteiger partial charge in [0.15, 0.2) is 11.7 Å². The summed E-state index contributed by atoms with van der Waals surface area (Å²) in [6, 6.07) is 16.1. The van der Waals surface area contributed by atoms with Gasteiger partial charge >= 0.3 is 11.9 Å². The summed E-state index contributed by atoms with van der Waals surface area (Å²) in [6.45, 7) is 0. The van der Waals surface area contributed by atoms with Gasteiger partial charge in [-0.1, -0.05) is 113 Å². The maximum Gasteiger partial charge on any atom is 0.330 e. The number of carbonyl (C=O) groups excluding carboxylic acids is 2. The Morgan fingerprint density at radius 3 is 2.00 bits per heavy atom. The molecule has 0 amide bonds. The molecular formula is C24H15Cl5O4. The molecule has 4 nitrogen and oxygen atoms in total. The molecule has 170 valence electrons. The molecule has 0 aromatic heterocycles. The van der Waals surface area contributed by atoms with E-state index in [-0.39, 0.29) is 30.9 Å². The zero-order valence-electron chi connectivity index (χ0n) is 16.8. The lowest BCUT2D eigenvalue weighted by molar-refractivity contribution is -0.157. The Morgan fingerprint density at radius 2 is 1.33 bits per heavy atom. The molecule has 9 heteroatoms. The number of carbonyl (C=O) groups is 2. The fourth-order valence-corrected chi connectivity index (χ4v) is 4.89. The standard InChI is InChI=1S/C24H15Cl5O4/c25-17-18(26)20(28)22(21(29)19(17)27)33-24(31)16(13-7-2-1-3-8-13)23(30)32-15-11-10-12-6-4-5-9-14(12)15/h1-9,15-16H,10-11H2. The van der Waals surface area contributed by atoms with Crippen LogP contribution in [0.4, 0.5) is 0 Å². The second-order valence-electron chi connectivity index (χ2n) is 7.33. The van der Waals surface area contributed by atoms with Gasteiger partial charge in [0.2, 0.25) is 0 Å². The van der Waals surface area contributed by atoms with Crippen LogP contribution in [0.15, 0.2) is 54.6 Å². The van der Waals surface area contributed by atoms with Crippen LogP contribution in [0.5, 0.6) is 5.75 Å². The Balaban J connectivity index is 1.65. The number of ether oxygens (including phenoxy) is 2. The first-order valence-electron chi connectivity index (χ1n) is 9.86. The minimum atomic E-state index is -1.39. The van der Waals surface area contributed by atoms with Gasteiger partial charge in [0.1, 0.15) is 16.1 Å². The Kier molecular flexibility index (Phi) is 7.42. The fourth-order valence-electron chi connectivity index (χ4n) is 3.70. The van der Waals surface area contributed by atoms with Gasteiger partial charge in [-0.3, -0.25) is 9.59 Å². The molecule has 0 saturated heterocycles. The molecule has 0 heterocycles. The van der Waals surface area contributed by atoms with Gasteiger partial charge in [-0.25, -0.2) is 0 Å². The van der Waals surface area contributed by atoms with Crippen LogP contribution >= 0.6 is 58.0 Å². The largest absolute Gasteiger partial charge is 0.457 e. The molecule has 0 N–H and O–H groups in total. The number of hydrogen-bond donors (Lipinski definition) is 0. The first kappa shape index (κ1) is 24.2. The summed E-state index contributed by atoms with van der Waals surface area (Å²) < 4.78 is 11.2. The van der Waals surface area contributed by atoms with E-state index in [9.17, 15) is 9.59 Å². The number of esters is 2. The third-order valence-electron chi connectivity index (χ3n) is 5.31. The van der Waals surface area contributed by atoms with Crippen molar-refractivity contribution in [3.8, 4) is 5.75 Å². The number of hydrogen-bond acceptors (Lipinski definition) is 4. The molecule has 2 atom stereocenters. The summed E-state index contributed by atoms with van der Waals surface area (Å²) in [6.07, 6.45) is 0.947. The van der Waals surface area contributed by atoms with E-state index in [0.717, 1.165) is 17.5 Å². The van der Waals surface area contributed by atoms with Gasteiger partial charge in [-0.2, -0.15) is 0 Å². The Morgan fingerprint density at radius 1 is 0.758 bits per heavy atom. The Hall–Kier alpha value is -1.95. The number of aryl methyl sites for hydroxylation is 1. The molecule has 1 aliphatic rings. The molecule has 0 radical (unpaired) electrons. The number of benzene rings is 3. The topological polar surface area (TPSA) is 52.6 Å². The van der Waals surface area contributed by atoms with Crippen molar-refractivity contribution in [3.05, 3.63) is 96.4 Å². The van der Waals surface area contributed by atoms with Gasteiger partial charge in [-0.05, 0) is 29.5 Å². The number of halogens is 5. The van der Waals surface area contributed by atoms with Gasteiger partial charge in [-0.15, -0.1) is 0 Å². The highest BCUT2D eigenvalue weighted by atomic mass is 35.5. The van der Waals surface area contributed by atoms with E-state index in [2.05, 4.69) is 0 Å². The molecule has 3 aromatic carbocycles. The van der Waals surface area contributed by atoms with E-state index >= 15 is 0 Å². The van der Waals surface area contributed by atoms with Crippen molar-refractivity contribution >= 4 is 69.9 Å². The van der Waals surface area contributed by atoms with Crippen molar-refractivity contribution in [2.75, 3.05) is 0 Å². The highest BCUT2D eigenvalue weighted by Crippen LogP contribution is 2.48. The predicted octanol–water partition coefficient (Wildman–Crippen LogP) is 7.87. The summed E-state index contributed by atoms with van der Waals surface area (Å²) in [5.74, 6) is -3.39. The second-order valence-corrected chi connectivity index (χ2v) is 9.22. The van der Waals surface area contributed by atoms with Crippen LogP contribution in [0.25, 0.3) is 0 Å². The van der Waals surface area contributed by atoms with Crippen molar-refractivity contribution in [3.63, 3.8) is 0 Å². The molecule has 0 fully saturated rings. The average molecular weight is 545 g/mol. The molecule has 0 saturated carbocycles. The van der Waals surface area contributed by atoms with Crippen molar-refractivity contribution < 1.29 is 19.1 Å². The number of fused-ring (bicyclic) bond motifs is 1. The van der Waals surface area contributed by atoms with E-state index in [4.69, 9.17) is 67.5 Å². The summed E-state index contributed by atoms with van der Waals surface area (Å²) >= 11 is 30.5. The normalized spacial score (nSPS) is 15.6. The van der Waals surface area contributed by atoms with E-state index in [1.54, 1.807) is 30.3 Å². The Bertz CT molecular complexity index is 1200. The van der Waals surface area contributed by atoms with Crippen LogP contribution in [0.2, 0.25) is 25.1 Å². The van der Waals surface area contributed by atoms with E-state index in [0.29, 0.717) is 12.0 Å². The molecular weight excluding hydrogens is 530 g/mol. The van der Waals surface area contributed by atoms with Crippen molar-refractivity contribution in [2.45, 2.75) is 24.9 Å². The summed E-state index contributed by atoms with van der Waals surface area (Å²) in [7, 11) is 0. The van der Waals surface area contributed by atoms with Crippen molar-refractivity contribution in [1.29, 1.82) is 0 Å². The van der Waals surface area contributed by atoms with E-state index in [1.807, 2.05) is 24.3 Å². The maximum atomic E-state index is 13.2. The highest BCUT2D eigenvalue weighted by Gasteiger charge is 2.36. The molecule has 0 bridgehead atoms. The lowest BCUT2D eigenvalue weighted by Gasteiger charge is -2.20. The van der Waals surface area contributed by atoms with Gasteiger partial charge in [0, 0.05) is 0 Å². The Labute approximate surface area is 215 Å². The number of rotatable bonds is 5. The van der Waals surface area contributed by atoms with Crippen molar-refractivity contribution in [2.24, 2.45) is 0 Å². The summed E-state index contributed by atoms with van der Waals surface area (Å²) in [5, 5.41) is -0.732. The SMILES string of the molecule is O=C(Oc1c(Cl)c(Cl)c(Cl)c(Cl)c1Cl)C(C(=O)OC1CCc2ccccc21)c1ccccc1. The molecule has 2 unspecified atom stereocenters. The maximum absolute atomic E-state index is 13.2. The van der Waals surface area contributed by atoms with Gasteiger partial charge < -0.3 is 9.47 Å². The first-order chi connectivity index (χ1) is 15.8. The smallest absolute Gasteiger partial charge is 0.330 e. The van der Waals surface area contributed by atoms with Crippen LogP contribution in [0.1, 0.15) is 35.1 Å². The zero-order valence-corrected chi connectivity index (χ0v) is 20.6. The molecule has 33 heavy (non-hydrogen) atoms. The minimum Gasteiger partial charge on any atom is -0.457 e. The molecule has 0 spiro atoms. The quantitative estimate of drug-likeness (QED) is 0.108. The van der Waals surface area contributed by atoms with E-state index < -0.39 is 24.0 Å². The van der Waals surface area contributed by atoms with Crippen molar-refractivity contribution in [1.82, 2.24) is 0 Å². The first-order valence-corrected chi connectivity index (χ1v) is 11.7. The highest BCUT2D eigenvalue weighted by molar-refractivity contribution is 6.55. The van der Waals surface area contributed by atoms with Crippen LogP contribution in [-0.4, -0.2) is 11.9 Å². The van der Waals surface area contributed by atoms with Gasteiger partial charge in [0.25, 0.3) is 0 Å². The monoisotopic (exact) mass is 542 g/mol. The lowest BCUT2D eigenvalue weighted by atomic mass is 9.99. The molecule has 0 aliphatic heterocycles. The van der Waals surface area contributed by atoms with Crippen LogP contribution < -0.4 is 4.74 Å².